The third kappa shape index (κ3) is 2.05. The minimum atomic E-state index is 0.412. The molecule has 0 aliphatic heterocycles. The average Bonchev–Trinajstić information content (AvgIpc) is 2.86. The highest BCUT2D eigenvalue weighted by Gasteiger charge is 2.15. The van der Waals surface area contributed by atoms with Crippen LogP contribution in [0.4, 0.5) is 5.69 Å². The van der Waals surface area contributed by atoms with E-state index < -0.39 is 0 Å². The Labute approximate surface area is 119 Å². The number of imidazole rings is 1. The first kappa shape index (κ1) is 12.7. The van der Waals surface area contributed by atoms with Gasteiger partial charge in [0.1, 0.15) is 5.82 Å². The summed E-state index contributed by atoms with van der Waals surface area (Å²) in [5.41, 5.74) is 9.89. The molecule has 0 saturated heterocycles. The van der Waals surface area contributed by atoms with Gasteiger partial charge in [-0.3, -0.25) is 0 Å². The topological polar surface area (TPSA) is 43.8 Å². The Hall–Kier alpha value is -2.29. The first-order valence-corrected chi connectivity index (χ1v) is 7.03. The van der Waals surface area contributed by atoms with Crippen molar-refractivity contribution in [2.45, 2.75) is 26.3 Å². The van der Waals surface area contributed by atoms with Gasteiger partial charge in [0, 0.05) is 17.3 Å². The zero-order valence-corrected chi connectivity index (χ0v) is 11.9. The Kier molecular flexibility index (Phi) is 3.18. The van der Waals surface area contributed by atoms with E-state index in [0.717, 1.165) is 29.0 Å². The molecule has 0 aliphatic rings. The van der Waals surface area contributed by atoms with Crippen molar-refractivity contribution in [1.29, 1.82) is 0 Å². The highest BCUT2D eigenvalue weighted by Crippen LogP contribution is 2.29. The van der Waals surface area contributed by atoms with Crippen LogP contribution in [0.1, 0.15) is 26.3 Å². The number of anilines is 1. The molecule has 20 heavy (non-hydrogen) atoms. The molecule has 0 bridgehead atoms. The molecule has 1 atom stereocenters. The van der Waals surface area contributed by atoms with Gasteiger partial charge in [-0.25, -0.2) is 4.98 Å². The molecule has 0 saturated carbocycles. The zero-order valence-electron chi connectivity index (χ0n) is 11.9. The first-order chi connectivity index (χ1) is 9.70. The van der Waals surface area contributed by atoms with Gasteiger partial charge in [0.2, 0.25) is 0 Å². The van der Waals surface area contributed by atoms with Gasteiger partial charge >= 0.3 is 0 Å². The number of nitrogens with zero attached hydrogens (tertiary/aromatic N) is 2. The molecule has 0 amide bonds. The van der Waals surface area contributed by atoms with E-state index in [9.17, 15) is 0 Å². The largest absolute Gasteiger partial charge is 0.399 e. The smallest absolute Gasteiger partial charge is 0.141 e. The van der Waals surface area contributed by atoms with Crippen molar-refractivity contribution in [3.63, 3.8) is 0 Å². The monoisotopic (exact) mass is 265 g/mol. The molecule has 3 rings (SSSR count). The number of hydrogen-bond acceptors (Lipinski definition) is 2. The second-order valence-electron chi connectivity index (χ2n) is 5.17. The van der Waals surface area contributed by atoms with Crippen molar-refractivity contribution in [1.82, 2.24) is 9.55 Å². The highest BCUT2D eigenvalue weighted by atomic mass is 15.1. The van der Waals surface area contributed by atoms with Crippen LogP contribution in [-0.4, -0.2) is 9.55 Å². The molecule has 2 aromatic carbocycles. The van der Waals surface area contributed by atoms with Gasteiger partial charge in [0.15, 0.2) is 0 Å². The van der Waals surface area contributed by atoms with Gasteiger partial charge in [-0.2, -0.15) is 0 Å². The number of hydrogen-bond donors (Lipinski definition) is 1. The number of nitrogen functional groups attached to an aromatic ring is 1. The van der Waals surface area contributed by atoms with E-state index >= 15 is 0 Å². The van der Waals surface area contributed by atoms with Crippen LogP contribution in [0.25, 0.3) is 22.4 Å². The molecule has 0 radical (unpaired) electrons. The van der Waals surface area contributed by atoms with Gasteiger partial charge in [0.25, 0.3) is 0 Å². The quantitative estimate of drug-likeness (QED) is 0.719. The fraction of sp³-hybridized carbons (Fsp3) is 0.235. The first-order valence-electron chi connectivity index (χ1n) is 7.03. The average molecular weight is 265 g/mol. The van der Waals surface area contributed by atoms with Crippen molar-refractivity contribution in [3.8, 4) is 11.4 Å². The van der Waals surface area contributed by atoms with Crippen LogP contribution in [-0.2, 0) is 0 Å². The summed E-state index contributed by atoms with van der Waals surface area (Å²) < 4.78 is 2.32. The third-order valence-electron chi connectivity index (χ3n) is 3.80. The molecular weight excluding hydrogens is 246 g/mol. The van der Waals surface area contributed by atoms with Crippen molar-refractivity contribution >= 4 is 16.7 Å². The Balaban J connectivity index is 2.26. The van der Waals surface area contributed by atoms with Crippen LogP contribution in [0.15, 0.2) is 48.5 Å². The number of aromatic nitrogens is 2. The predicted octanol–water partition coefficient (Wildman–Crippen LogP) is 4.26. The second kappa shape index (κ2) is 5.00. The normalized spacial score (nSPS) is 12.7. The van der Waals surface area contributed by atoms with Crippen LogP contribution >= 0.6 is 0 Å². The maximum atomic E-state index is 5.78. The van der Waals surface area contributed by atoms with E-state index in [1.54, 1.807) is 0 Å². The molecular formula is C17H19N3. The third-order valence-corrected chi connectivity index (χ3v) is 3.80. The van der Waals surface area contributed by atoms with E-state index in [4.69, 9.17) is 10.7 Å². The lowest BCUT2D eigenvalue weighted by molar-refractivity contribution is 0.550. The SMILES string of the molecule is CCC(C)n1c(-c2ccc(N)cc2)nc2ccccc21. The highest BCUT2D eigenvalue weighted by molar-refractivity contribution is 5.81. The van der Waals surface area contributed by atoms with E-state index in [2.05, 4.69) is 36.6 Å². The molecule has 0 fully saturated rings. The van der Waals surface area contributed by atoms with Gasteiger partial charge in [-0.1, -0.05) is 19.1 Å². The van der Waals surface area contributed by atoms with Gasteiger partial charge in [-0.15, -0.1) is 0 Å². The van der Waals surface area contributed by atoms with E-state index in [1.165, 1.54) is 5.52 Å². The Morgan fingerprint density at radius 2 is 1.80 bits per heavy atom. The van der Waals surface area contributed by atoms with Crippen molar-refractivity contribution < 1.29 is 0 Å². The van der Waals surface area contributed by atoms with Crippen molar-refractivity contribution in [2.75, 3.05) is 5.73 Å². The Bertz CT molecular complexity index is 726. The number of para-hydroxylation sites is 2. The fourth-order valence-electron chi connectivity index (χ4n) is 2.51. The molecule has 102 valence electrons. The van der Waals surface area contributed by atoms with Crippen LogP contribution < -0.4 is 5.73 Å². The number of benzene rings is 2. The lowest BCUT2D eigenvalue weighted by atomic mass is 10.1. The summed E-state index contributed by atoms with van der Waals surface area (Å²) in [5, 5.41) is 0. The summed E-state index contributed by atoms with van der Waals surface area (Å²) in [7, 11) is 0. The lowest BCUT2D eigenvalue weighted by Crippen LogP contribution is -2.05. The summed E-state index contributed by atoms with van der Waals surface area (Å²) in [6.45, 7) is 4.43. The van der Waals surface area contributed by atoms with Crippen LogP contribution in [0.2, 0.25) is 0 Å². The molecule has 0 spiro atoms. The second-order valence-corrected chi connectivity index (χ2v) is 5.17. The summed E-state index contributed by atoms with van der Waals surface area (Å²) in [5.74, 6) is 1.01. The van der Waals surface area contributed by atoms with E-state index in [-0.39, 0.29) is 0 Å². The number of fused-ring (bicyclic) bond motifs is 1. The maximum absolute atomic E-state index is 5.78. The van der Waals surface area contributed by atoms with E-state index in [0.29, 0.717) is 6.04 Å². The molecule has 1 aromatic heterocycles. The molecule has 2 N–H and O–H groups in total. The summed E-state index contributed by atoms with van der Waals surface area (Å²) >= 11 is 0. The molecule has 1 unspecified atom stereocenters. The summed E-state index contributed by atoms with van der Waals surface area (Å²) in [6, 6.07) is 16.6. The minimum absolute atomic E-state index is 0.412. The van der Waals surface area contributed by atoms with Crippen LogP contribution in [0, 0.1) is 0 Å². The van der Waals surface area contributed by atoms with Gasteiger partial charge in [-0.05, 0) is 49.7 Å². The molecule has 3 heteroatoms. The summed E-state index contributed by atoms with van der Waals surface area (Å²) in [4.78, 5) is 4.80. The van der Waals surface area contributed by atoms with Crippen LogP contribution in [0.5, 0.6) is 0 Å². The number of nitrogens with two attached hydrogens (primary N) is 1. The lowest BCUT2D eigenvalue weighted by Gasteiger charge is -2.16. The molecule has 1 heterocycles. The van der Waals surface area contributed by atoms with Gasteiger partial charge < -0.3 is 10.3 Å². The predicted molar refractivity (Wildman–Crippen MR) is 84.6 cm³/mol. The molecule has 0 aliphatic carbocycles. The number of rotatable bonds is 3. The zero-order chi connectivity index (χ0) is 14.1. The van der Waals surface area contributed by atoms with Crippen molar-refractivity contribution in [2.24, 2.45) is 0 Å². The molecule has 3 aromatic rings. The minimum Gasteiger partial charge on any atom is -0.399 e. The van der Waals surface area contributed by atoms with Gasteiger partial charge in [0.05, 0.1) is 11.0 Å². The fourth-order valence-corrected chi connectivity index (χ4v) is 2.51. The maximum Gasteiger partial charge on any atom is 0.141 e. The van der Waals surface area contributed by atoms with Crippen molar-refractivity contribution in [3.05, 3.63) is 48.5 Å². The Morgan fingerprint density at radius 1 is 1.10 bits per heavy atom. The Morgan fingerprint density at radius 3 is 2.50 bits per heavy atom. The van der Waals surface area contributed by atoms with Crippen LogP contribution in [0.3, 0.4) is 0 Å². The standard InChI is InChI=1S/C17H19N3/c1-3-12(2)20-16-7-5-4-6-15(16)19-17(20)13-8-10-14(18)11-9-13/h4-12H,3,18H2,1-2H3. The summed E-state index contributed by atoms with van der Waals surface area (Å²) in [6.07, 6.45) is 1.07. The molecule has 3 nitrogen and oxygen atoms in total. The van der Waals surface area contributed by atoms with E-state index in [1.807, 2.05) is 30.3 Å².